The zero-order valence-corrected chi connectivity index (χ0v) is 12.0. The van der Waals surface area contributed by atoms with Gasteiger partial charge in [-0.2, -0.15) is 0 Å². The molecule has 6 heteroatoms. The number of rotatable bonds is 5. The molecule has 3 aromatic rings. The van der Waals surface area contributed by atoms with Crippen LogP contribution < -0.4 is 5.32 Å². The number of nitrogens with one attached hydrogen (secondary N) is 1. The first kappa shape index (κ1) is 13.5. The molecule has 0 saturated carbocycles. The highest BCUT2D eigenvalue weighted by Crippen LogP contribution is 2.25. The molecule has 0 spiro atoms. The van der Waals surface area contributed by atoms with E-state index in [4.69, 9.17) is 0 Å². The number of aromatic nitrogens is 1. The average Bonchev–Trinajstić information content (AvgIpc) is 2.90. The van der Waals surface area contributed by atoms with E-state index in [1.165, 1.54) is 12.1 Å². The molecule has 0 atom stereocenters. The first-order chi connectivity index (χ1) is 10.2. The Bertz CT molecular complexity index is 735. The minimum absolute atomic E-state index is 0.123. The summed E-state index contributed by atoms with van der Waals surface area (Å²) in [5.41, 5.74) is 2.19. The minimum Gasteiger partial charge on any atom is -0.361 e. The Morgan fingerprint density at radius 2 is 1.90 bits per heavy atom. The molecule has 0 fully saturated rings. The first-order valence-corrected chi connectivity index (χ1v) is 7.37. The van der Waals surface area contributed by atoms with Crippen LogP contribution in [0.3, 0.4) is 0 Å². The number of thiazole rings is 1. The summed E-state index contributed by atoms with van der Waals surface area (Å²) in [5, 5.41) is 14.8. The van der Waals surface area contributed by atoms with E-state index in [9.17, 15) is 10.1 Å². The molecule has 21 heavy (non-hydrogen) atoms. The summed E-state index contributed by atoms with van der Waals surface area (Å²) in [5.74, 6) is 0. The highest BCUT2D eigenvalue weighted by molar-refractivity contribution is 7.22. The molecule has 0 aliphatic rings. The fourth-order valence-electron chi connectivity index (χ4n) is 2.05. The number of nitro benzene ring substituents is 1. The minimum atomic E-state index is -0.386. The summed E-state index contributed by atoms with van der Waals surface area (Å²) < 4.78 is 1.16. The van der Waals surface area contributed by atoms with Crippen molar-refractivity contribution in [2.75, 3.05) is 11.9 Å². The normalized spacial score (nSPS) is 10.7. The predicted octanol–water partition coefficient (Wildman–Crippen LogP) is 3.86. The summed E-state index contributed by atoms with van der Waals surface area (Å²) in [6.45, 7) is 0.748. The van der Waals surface area contributed by atoms with Gasteiger partial charge >= 0.3 is 0 Å². The topological polar surface area (TPSA) is 68.1 Å². The van der Waals surface area contributed by atoms with Crippen molar-refractivity contribution in [1.29, 1.82) is 0 Å². The Hall–Kier alpha value is -2.47. The molecule has 0 aliphatic carbocycles. The molecule has 3 rings (SSSR count). The van der Waals surface area contributed by atoms with Crippen LogP contribution in [0.4, 0.5) is 10.8 Å². The summed E-state index contributed by atoms with van der Waals surface area (Å²) in [4.78, 5) is 14.7. The lowest BCUT2D eigenvalue weighted by Gasteiger charge is -2.02. The Balaban J connectivity index is 1.59. The molecule has 1 N–H and O–H groups in total. The molecular weight excluding hydrogens is 286 g/mol. The maximum atomic E-state index is 10.6. The predicted molar refractivity (Wildman–Crippen MR) is 84.9 cm³/mol. The van der Waals surface area contributed by atoms with Crippen LogP contribution >= 0.6 is 11.3 Å². The largest absolute Gasteiger partial charge is 0.361 e. The van der Waals surface area contributed by atoms with Gasteiger partial charge in [-0.1, -0.05) is 35.6 Å². The van der Waals surface area contributed by atoms with Gasteiger partial charge < -0.3 is 5.32 Å². The first-order valence-electron chi connectivity index (χ1n) is 6.55. The van der Waals surface area contributed by atoms with Gasteiger partial charge in [-0.25, -0.2) is 4.98 Å². The van der Waals surface area contributed by atoms with E-state index in [2.05, 4.69) is 16.4 Å². The van der Waals surface area contributed by atoms with Gasteiger partial charge in [-0.15, -0.1) is 0 Å². The van der Waals surface area contributed by atoms with Gasteiger partial charge in [0.15, 0.2) is 5.13 Å². The van der Waals surface area contributed by atoms with Gasteiger partial charge in [-0.3, -0.25) is 10.1 Å². The van der Waals surface area contributed by atoms with E-state index in [1.807, 2.05) is 18.2 Å². The van der Waals surface area contributed by atoms with Crippen molar-refractivity contribution in [3.05, 3.63) is 64.2 Å². The summed E-state index contributed by atoms with van der Waals surface area (Å²) in [6, 6.07) is 14.7. The van der Waals surface area contributed by atoms with E-state index in [0.717, 1.165) is 33.9 Å². The molecule has 1 aromatic heterocycles. The molecule has 0 saturated heterocycles. The van der Waals surface area contributed by atoms with Gasteiger partial charge in [-0.05, 0) is 24.1 Å². The van der Waals surface area contributed by atoms with Crippen molar-refractivity contribution in [2.45, 2.75) is 6.42 Å². The maximum Gasteiger partial charge on any atom is 0.269 e. The number of benzene rings is 2. The second kappa shape index (κ2) is 5.88. The number of hydrogen-bond acceptors (Lipinski definition) is 5. The number of non-ortho nitro benzene ring substituents is 1. The van der Waals surface area contributed by atoms with Gasteiger partial charge in [0.25, 0.3) is 5.69 Å². The zero-order valence-electron chi connectivity index (χ0n) is 11.2. The Kier molecular flexibility index (Phi) is 3.79. The molecule has 0 radical (unpaired) electrons. The fraction of sp³-hybridized carbons (Fsp3) is 0.133. The van der Waals surface area contributed by atoms with Crippen molar-refractivity contribution < 1.29 is 4.92 Å². The fourth-order valence-corrected chi connectivity index (χ4v) is 2.94. The van der Waals surface area contributed by atoms with Gasteiger partial charge in [0, 0.05) is 18.7 Å². The van der Waals surface area contributed by atoms with E-state index >= 15 is 0 Å². The van der Waals surface area contributed by atoms with Crippen molar-refractivity contribution >= 4 is 32.4 Å². The van der Waals surface area contributed by atoms with Crippen LogP contribution in [0.25, 0.3) is 10.2 Å². The molecule has 0 aliphatic heterocycles. The highest BCUT2D eigenvalue weighted by Gasteiger charge is 2.05. The van der Waals surface area contributed by atoms with Crippen molar-refractivity contribution in [3.8, 4) is 0 Å². The average molecular weight is 299 g/mol. The monoisotopic (exact) mass is 299 g/mol. The van der Waals surface area contributed by atoms with Crippen LogP contribution in [0, 0.1) is 10.1 Å². The molecule has 5 nitrogen and oxygen atoms in total. The third-order valence-corrected chi connectivity index (χ3v) is 4.13. The smallest absolute Gasteiger partial charge is 0.269 e. The standard InChI is InChI=1S/C15H13N3O2S/c19-18(20)12-7-5-11(6-8-12)9-10-16-15-17-13-3-1-2-4-14(13)21-15/h1-8H,9-10H2,(H,16,17). The molecule has 106 valence electrons. The summed E-state index contributed by atoms with van der Waals surface area (Å²) in [7, 11) is 0. The number of fused-ring (bicyclic) bond motifs is 1. The van der Waals surface area contributed by atoms with Gasteiger partial charge in [0.05, 0.1) is 15.1 Å². The van der Waals surface area contributed by atoms with Gasteiger partial charge in [0.1, 0.15) is 0 Å². The third-order valence-electron chi connectivity index (χ3n) is 3.13. The number of anilines is 1. The third kappa shape index (κ3) is 3.17. The van der Waals surface area contributed by atoms with Crippen LogP contribution in [0.15, 0.2) is 48.5 Å². The molecule has 1 heterocycles. The van der Waals surface area contributed by atoms with Crippen molar-refractivity contribution in [2.24, 2.45) is 0 Å². The van der Waals surface area contributed by atoms with Crippen molar-refractivity contribution in [3.63, 3.8) is 0 Å². The Labute approximate surface area is 125 Å². The lowest BCUT2D eigenvalue weighted by Crippen LogP contribution is -2.04. The molecule has 0 unspecified atom stereocenters. The molecule has 2 aromatic carbocycles. The number of nitro groups is 1. The number of para-hydroxylation sites is 1. The summed E-state index contributed by atoms with van der Waals surface area (Å²) >= 11 is 1.63. The van der Waals surface area contributed by atoms with E-state index in [0.29, 0.717) is 0 Å². The van der Waals surface area contributed by atoms with Crippen LogP contribution in [0.1, 0.15) is 5.56 Å². The van der Waals surface area contributed by atoms with Crippen molar-refractivity contribution in [1.82, 2.24) is 4.98 Å². The number of nitrogens with zero attached hydrogens (tertiary/aromatic N) is 2. The SMILES string of the molecule is O=[N+]([O-])c1ccc(CCNc2nc3ccccc3s2)cc1. The van der Waals surface area contributed by atoms with E-state index in [1.54, 1.807) is 23.5 Å². The Morgan fingerprint density at radius 3 is 2.62 bits per heavy atom. The highest BCUT2D eigenvalue weighted by atomic mass is 32.1. The summed E-state index contributed by atoms with van der Waals surface area (Å²) in [6.07, 6.45) is 0.800. The van der Waals surface area contributed by atoms with Crippen LogP contribution in [-0.2, 0) is 6.42 Å². The Morgan fingerprint density at radius 1 is 1.14 bits per heavy atom. The second-order valence-corrected chi connectivity index (χ2v) is 5.62. The number of hydrogen-bond donors (Lipinski definition) is 1. The second-order valence-electron chi connectivity index (χ2n) is 4.59. The maximum absolute atomic E-state index is 10.6. The molecular formula is C15H13N3O2S. The quantitative estimate of drug-likeness (QED) is 0.574. The van der Waals surface area contributed by atoms with E-state index < -0.39 is 0 Å². The van der Waals surface area contributed by atoms with E-state index in [-0.39, 0.29) is 10.6 Å². The van der Waals surface area contributed by atoms with Crippen LogP contribution in [-0.4, -0.2) is 16.5 Å². The van der Waals surface area contributed by atoms with Crippen LogP contribution in [0.5, 0.6) is 0 Å². The molecule has 0 amide bonds. The lowest BCUT2D eigenvalue weighted by molar-refractivity contribution is -0.384. The molecule has 0 bridgehead atoms. The zero-order chi connectivity index (χ0) is 14.7. The van der Waals surface area contributed by atoms with Gasteiger partial charge in [0.2, 0.25) is 0 Å². The van der Waals surface area contributed by atoms with Crippen LogP contribution in [0.2, 0.25) is 0 Å². The lowest BCUT2D eigenvalue weighted by atomic mass is 10.1.